The molecule has 1 N–H and O–H groups in total. The highest BCUT2D eigenvalue weighted by Gasteiger charge is 2.34. The van der Waals surface area contributed by atoms with Crippen molar-refractivity contribution in [3.05, 3.63) is 56.5 Å². The van der Waals surface area contributed by atoms with Gasteiger partial charge in [0.1, 0.15) is 0 Å². The minimum absolute atomic E-state index is 0.0211. The summed E-state index contributed by atoms with van der Waals surface area (Å²) < 4.78 is 8.17. The van der Waals surface area contributed by atoms with Crippen LogP contribution in [0.3, 0.4) is 0 Å². The van der Waals surface area contributed by atoms with Crippen LogP contribution in [0.2, 0.25) is 0 Å². The summed E-state index contributed by atoms with van der Waals surface area (Å²) in [4.78, 5) is 46.7. The number of aromatic amines is 1. The molecule has 2 aliphatic rings. The van der Waals surface area contributed by atoms with Crippen LogP contribution in [-0.2, 0) is 4.74 Å². The molecule has 5 rings (SSSR count). The van der Waals surface area contributed by atoms with Crippen LogP contribution < -0.4 is 16.1 Å². The van der Waals surface area contributed by atoms with Crippen LogP contribution in [0.4, 0.5) is 10.5 Å². The van der Waals surface area contributed by atoms with Gasteiger partial charge in [-0.25, -0.2) is 14.6 Å². The molecule has 0 spiro atoms. The fourth-order valence-electron chi connectivity index (χ4n) is 3.67. The van der Waals surface area contributed by atoms with Crippen molar-refractivity contribution < 1.29 is 9.53 Å². The van der Waals surface area contributed by atoms with Crippen molar-refractivity contribution in [1.29, 1.82) is 0 Å². The van der Waals surface area contributed by atoms with Crippen LogP contribution in [0.25, 0.3) is 11.2 Å². The summed E-state index contributed by atoms with van der Waals surface area (Å²) >= 11 is 0. The van der Waals surface area contributed by atoms with E-state index < -0.39 is 6.09 Å². The van der Waals surface area contributed by atoms with E-state index in [0.29, 0.717) is 11.2 Å². The van der Waals surface area contributed by atoms with E-state index in [4.69, 9.17) is 4.74 Å². The molecule has 0 aliphatic heterocycles. The number of benzene rings is 1. The summed E-state index contributed by atoms with van der Waals surface area (Å²) in [6.45, 7) is 1.84. The van der Waals surface area contributed by atoms with E-state index in [1.165, 1.54) is 9.47 Å². The lowest BCUT2D eigenvalue weighted by molar-refractivity contribution is 0.169. The number of hydrogen-bond acceptors (Lipinski definition) is 5. The second-order valence-corrected chi connectivity index (χ2v) is 8.33. The van der Waals surface area contributed by atoms with Crippen molar-refractivity contribution >= 4 is 22.9 Å². The SMILES string of the molecule is Cc1ccc(N(C)C(=O)OCC#Cc2nc3c([nH]2)c(=O)n(C2CC2)c(=O)n3C2CC2)cc1. The lowest BCUT2D eigenvalue weighted by Gasteiger charge is -2.16. The summed E-state index contributed by atoms with van der Waals surface area (Å²) in [5.41, 5.74) is 1.82. The van der Waals surface area contributed by atoms with E-state index in [-0.39, 0.29) is 35.8 Å². The molecular weight excluding hydrogens is 410 g/mol. The fraction of sp³-hybridized carbons (Fsp3) is 0.391. The first kappa shape index (κ1) is 20.1. The number of hydrogen-bond donors (Lipinski definition) is 1. The van der Waals surface area contributed by atoms with Gasteiger partial charge in [0.15, 0.2) is 23.6 Å². The Morgan fingerprint density at radius 2 is 1.81 bits per heavy atom. The molecule has 2 saturated carbocycles. The number of fused-ring (bicyclic) bond motifs is 1. The minimum atomic E-state index is -0.525. The van der Waals surface area contributed by atoms with Crippen LogP contribution >= 0.6 is 0 Å². The number of rotatable bonds is 4. The molecule has 0 saturated heterocycles. The zero-order chi connectivity index (χ0) is 22.4. The Balaban J connectivity index is 1.34. The third-order valence-electron chi connectivity index (χ3n) is 5.75. The average molecular weight is 433 g/mol. The van der Waals surface area contributed by atoms with Crippen LogP contribution in [0.5, 0.6) is 0 Å². The standard InChI is InChI=1S/C23H23N5O4/c1-14-5-7-15(8-6-14)26(2)23(31)32-13-3-4-18-24-19-20(25-18)27(16-9-10-16)22(30)28(21(19)29)17-11-12-17/h5-8,16-17H,9-13H2,1-2H3,(H,24,25). The molecule has 9 nitrogen and oxygen atoms in total. The van der Waals surface area contributed by atoms with E-state index in [1.807, 2.05) is 31.2 Å². The van der Waals surface area contributed by atoms with Gasteiger partial charge in [0.05, 0.1) is 0 Å². The average Bonchev–Trinajstić information content (AvgIpc) is 3.70. The molecular formula is C23H23N5O4. The first-order valence-electron chi connectivity index (χ1n) is 10.7. The van der Waals surface area contributed by atoms with Crippen molar-refractivity contribution in [3.63, 3.8) is 0 Å². The van der Waals surface area contributed by atoms with Gasteiger partial charge < -0.3 is 9.72 Å². The van der Waals surface area contributed by atoms with Crippen molar-refractivity contribution in [3.8, 4) is 11.8 Å². The fourth-order valence-corrected chi connectivity index (χ4v) is 3.67. The van der Waals surface area contributed by atoms with Gasteiger partial charge >= 0.3 is 11.8 Å². The third kappa shape index (κ3) is 3.68. The predicted molar refractivity (Wildman–Crippen MR) is 119 cm³/mol. The Hall–Kier alpha value is -3.80. The maximum atomic E-state index is 12.9. The number of nitrogens with one attached hydrogen (secondary N) is 1. The summed E-state index contributed by atoms with van der Waals surface area (Å²) in [6, 6.07) is 7.57. The number of carbonyl (C=O) groups excluding carboxylic acids is 1. The first-order chi connectivity index (χ1) is 15.4. The molecule has 2 heterocycles. The maximum absolute atomic E-state index is 12.9. The zero-order valence-corrected chi connectivity index (χ0v) is 17.9. The molecule has 2 aliphatic carbocycles. The Morgan fingerprint density at radius 3 is 2.47 bits per heavy atom. The number of nitrogens with zero attached hydrogens (tertiary/aromatic N) is 4. The van der Waals surface area contributed by atoms with E-state index in [0.717, 1.165) is 36.9 Å². The number of H-pyrrole nitrogens is 1. The van der Waals surface area contributed by atoms with Gasteiger partial charge in [0, 0.05) is 24.8 Å². The van der Waals surface area contributed by atoms with Crippen LogP contribution in [0, 0.1) is 18.8 Å². The molecule has 164 valence electrons. The molecule has 3 aromatic rings. The first-order valence-corrected chi connectivity index (χ1v) is 10.7. The number of aromatic nitrogens is 4. The van der Waals surface area contributed by atoms with Crippen molar-refractivity contribution in [2.45, 2.75) is 44.7 Å². The molecule has 0 bridgehead atoms. The molecule has 9 heteroatoms. The summed E-state index contributed by atoms with van der Waals surface area (Å²) in [5, 5.41) is 0. The highest BCUT2D eigenvalue weighted by atomic mass is 16.6. The minimum Gasteiger partial charge on any atom is -0.436 e. The van der Waals surface area contributed by atoms with Gasteiger partial charge in [-0.15, -0.1) is 0 Å². The molecule has 0 radical (unpaired) electrons. The maximum Gasteiger partial charge on any atom is 0.414 e. The quantitative estimate of drug-likeness (QED) is 0.637. The third-order valence-corrected chi connectivity index (χ3v) is 5.75. The monoisotopic (exact) mass is 433 g/mol. The van der Waals surface area contributed by atoms with Gasteiger partial charge in [0.2, 0.25) is 0 Å². The summed E-state index contributed by atoms with van der Waals surface area (Å²) in [6.07, 6.45) is 2.96. The number of carbonyl (C=O) groups is 1. The highest BCUT2D eigenvalue weighted by Crippen LogP contribution is 2.36. The molecule has 0 unspecified atom stereocenters. The number of ether oxygens (including phenoxy) is 1. The lowest BCUT2D eigenvalue weighted by Crippen LogP contribution is -2.39. The number of anilines is 1. The zero-order valence-electron chi connectivity index (χ0n) is 17.9. The Bertz CT molecular complexity index is 1380. The van der Waals surface area contributed by atoms with Gasteiger partial charge in [-0.1, -0.05) is 23.6 Å². The van der Waals surface area contributed by atoms with Gasteiger partial charge in [-0.2, -0.15) is 0 Å². The molecule has 32 heavy (non-hydrogen) atoms. The summed E-state index contributed by atoms with van der Waals surface area (Å²) in [5.74, 6) is 5.81. The Kier molecular flexibility index (Phi) is 4.85. The van der Waals surface area contributed by atoms with Gasteiger partial charge in [-0.05, 0) is 50.7 Å². The topological polar surface area (TPSA) is 102 Å². The smallest absolute Gasteiger partial charge is 0.414 e. The second kappa shape index (κ2) is 7.71. The second-order valence-electron chi connectivity index (χ2n) is 8.33. The molecule has 0 atom stereocenters. The lowest BCUT2D eigenvalue weighted by atomic mass is 10.2. The van der Waals surface area contributed by atoms with E-state index in [1.54, 1.807) is 11.6 Å². The van der Waals surface area contributed by atoms with Crippen LogP contribution in [-0.4, -0.2) is 38.8 Å². The van der Waals surface area contributed by atoms with E-state index in [9.17, 15) is 14.4 Å². The molecule has 2 fully saturated rings. The van der Waals surface area contributed by atoms with Gasteiger partial charge in [0.25, 0.3) is 5.56 Å². The van der Waals surface area contributed by atoms with Crippen LogP contribution in [0.15, 0.2) is 33.9 Å². The Morgan fingerprint density at radius 1 is 1.16 bits per heavy atom. The number of amides is 1. The van der Waals surface area contributed by atoms with Crippen molar-refractivity contribution in [2.24, 2.45) is 0 Å². The van der Waals surface area contributed by atoms with Gasteiger partial charge in [-0.3, -0.25) is 18.8 Å². The normalized spacial score (nSPS) is 15.3. The largest absolute Gasteiger partial charge is 0.436 e. The Labute approximate surface area is 183 Å². The highest BCUT2D eigenvalue weighted by molar-refractivity contribution is 5.87. The molecule has 1 aromatic carbocycles. The number of imidazole rings is 1. The summed E-state index contributed by atoms with van der Waals surface area (Å²) in [7, 11) is 1.63. The van der Waals surface area contributed by atoms with Crippen LogP contribution in [0.1, 0.15) is 49.2 Å². The number of aryl methyl sites for hydroxylation is 1. The van der Waals surface area contributed by atoms with E-state index >= 15 is 0 Å². The van der Waals surface area contributed by atoms with E-state index in [2.05, 4.69) is 21.8 Å². The predicted octanol–water partition coefficient (Wildman–Crippen LogP) is 2.49. The van der Waals surface area contributed by atoms with Crippen molar-refractivity contribution in [2.75, 3.05) is 18.6 Å². The molecule has 1 amide bonds. The molecule has 2 aromatic heterocycles. The van der Waals surface area contributed by atoms with Crippen molar-refractivity contribution in [1.82, 2.24) is 19.1 Å².